The Hall–Kier alpha value is -2.73. The first kappa shape index (κ1) is 47.9. The number of nitrogens with zero attached hydrogens (tertiary/aromatic N) is 2. The first-order chi connectivity index (χ1) is 27.0. The van der Waals surface area contributed by atoms with Gasteiger partial charge >= 0.3 is 11.4 Å². The number of ether oxygens (including phenoxy) is 4. The van der Waals surface area contributed by atoms with E-state index in [0.29, 0.717) is 44.9 Å². The summed E-state index contributed by atoms with van der Waals surface area (Å²) in [5.41, 5.74) is 8.36. The van der Waals surface area contributed by atoms with Gasteiger partial charge in [-0.3, -0.25) is 24.1 Å². The molecule has 3 unspecified atom stereocenters. The van der Waals surface area contributed by atoms with Crippen LogP contribution < -0.4 is 34.0 Å². The summed E-state index contributed by atoms with van der Waals surface area (Å²) in [6, 6.07) is 0. The number of aromatic nitrogens is 4. The Bertz CT molecular complexity index is 1960. The standard InChI is InChI=1S/C40H68N6O11P/c1-23(2)18-39(7,8)52-21-29-34(26(6)32(54-29)28-20-46(17-13-15-42)38(50)44-36(28)48)57-58(11,51)53-22-30-33(56-40(9,10)24(3)4)25(5)31(55-30)27-19-45(16-12-14-41)37(49)43-35(27)47/h19-20,23-26,29-34H,11-18,21-22,41-42H2,1-10H3,(H,43,47,49)(H,44,48,50)/q-1/t25-,26-,29-,30-,31-,32-,33?,34?,58?/m1/s1. The Kier molecular flexibility index (Phi) is 16.3. The summed E-state index contributed by atoms with van der Waals surface area (Å²) < 4.78 is 55.4. The second kappa shape index (κ2) is 19.8. The fraction of sp³-hybridized carbons (Fsp3) is 0.775. The summed E-state index contributed by atoms with van der Waals surface area (Å²) in [6.45, 7) is 24.8. The summed E-state index contributed by atoms with van der Waals surface area (Å²) in [7, 11) is -4.16. The zero-order valence-electron chi connectivity index (χ0n) is 36.0. The van der Waals surface area contributed by atoms with Gasteiger partial charge in [-0.25, -0.2) is 16.3 Å². The van der Waals surface area contributed by atoms with E-state index in [1.807, 2.05) is 48.5 Å². The second-order valence-corrected chi connectivity index (χ2v) is 19.4. The molecular formula is C40H68N6O11P-. The molecule has 58 heavy (non-hydrogen) atoms. The van der Waals surface area contributed by atoms with E-state index < -0.39 is 89.8 Å². The van der Waals surface area contributed by atoms with Gasteiger partial charge in [-0.1, -0.05) is 41.5 Å². The third kappa shape index (κ3) is 12.0. The molecule has 0 amide bonds. The molecule has 0 spiro atoms. The zero-order valence-corrected chi connectivity index (χ0v) is 36.9. The van der Waals surface area contributed by atoms with Crippen molar-refractivity contribution in [2.24, 2.45) is 35.1 Å². The molecule has 18 heteroatoms. The van der Waals surface area contributed by atoms with E-state index >= 15 is 0 Å². The van der Waals surface area contributed by atoms with Crippen LogP contribution in [0.4, 0.5) is 0 Å². The van der Waals surface area contributed by atoms with E-state index in [0.717, 1.165) is 6.42 Å². The molecule has 0 aromatic carbocycles. The van der Waals surface area contributed by atoms with Crippen LogP contribution in [0.5, 0.6) is 0 Å². The van der Waals surface area contributed by atoms with Gasteiger partial charge in [0.05, 0.1) is 60.0 Å². The van der Waals surface area contributed by atoms with Crippen molar-refractivity contribution in [3.8, 4) is 0 Å². The highest BCUT2D eigenvalue weighted by atomic mass is 31.2. The zero-order chi connectivity index (χ0) is 43.3. The topological polar surface area (TPSA) is 234 Å². The summed E-state index contributed by atoms with van der Waals surface area (Å²) >= 11 is 0. The Morgan fingerprint density at radius 1 is 0.810 bits per heavy atom. The molecule has 4 rings (SSSR count). The molecule has 0 aliphatic carbocycles. The third-order valence-corrected chi connectivity index (χ3v) is 12.5. The minimum absolute atomic E-state index is 0.0447. The first-order valence-corrected chi connectivity index (χ1v) is 22.2. The lowest BCUT2D eigenvalue weighted by Crippen LogP contribution is -2.42. The van der Waals surface area contributed by atoms with Crippen LogP contribution in [-0.2, 0) is 45.6 Å². The number of hydrogen-bond acceptors (Lipinski definition) is 13. The maximum atomic E-state index is 14.3. The minimum atomic E-state index is -4.16. The summed E-state index contributed by atoms with van der Waals surface area (Å²) in [5.74, 6) is -0.527. The molecule has 17 nitrogen and oxygen atoms in total. The van der Waals surface area contributed by atoms with Crippen LogP contribution >= 0.6 is 7.60 Å². The summed E-state index contributed by atoms with van der Waals surface area (Å²) in [6.07, 6.45) is -0.0477. The Morgan fingerprint density at radius 2 is 1.28 bits per heavy atom. The highest BCUT2D eigenvalue weighted by Crippen LogP contribution is 2.54. The quantitative estimate of drug-likeness (QED) is 0.103. The molecule has 0 bridgehead atoms. The lowest BCUT2D eigenvalue weighted by molar-refractivity contribution is -0.133. The Labute approximate surface area is 341 Å². The molecule has 2 fully saturated rings. The largest absolute Gasteiger partial charge is 0.373 e. The van der Waals surface area contributed by atoms with Crippen LogP contribution in [0.3, 0.4) is 0 Å². The fourth-order valence-corrected chi connectivity index (χ4v) is 8.82. The van der Waals surface area contributed by atoms with Gasteiger partial charge in [0.2, 0.25) is 0 Å². The average Bonchev–Trinajstić information content (AvgIpc) is 3.58. The second-order valence-electron chi connectivity index (χ2n) is 17.8. The molecule has 2 aromatic rings. The lowest BCUT2D eigenvalue weighted by atomic mass is 9.91. The van der Waals surface area contributed by atoms with Gasteiger partial charge in [-0.15, -0.1) is 0 Å². The monoisotopic (exact) mass is 839 g/mol. The molecule has 4 heterocycles. The van der Waals surface area contributed by atoms with E-state index in [-0.39, 0.29) is 30.3 Å². The van der Waals surface area contributed by atoms with E-state index in [2.05, 4.69) is 30.5 Å². The molecule has 330 valence electrons. The van der Waals surface area contributed by atoms with E-state index in [1.165, 1.54) is 21.5 Å². The van der Waals surface area contributed by atoms with Gasteiger partial charge in [0, 0.05) is 37.3 Å². The van der Waals surface area contributed by atoms with E-state index in [9.17, 15) is 23.7 Å². The molecule has 6 N–H and O–H groups in total. The van der Waals surface area contributed by atoms with Gasteiger partial charge in [0.1, 0.15) is 12.2 Å². The third-order valence-electron chi connectivity index (χ3n) is 11.3. The summed E-state index contributed by atoms with van der Waals surface area (Å²) in [4.78, 5) is 56.4. The highest BCUT2D eigenvalue weighted by Gasteiger charge is 2.49. The van der Waals surface area contributed by atoms with Crippen LogP contribution in [0, 0.1) is 30.3 Å². The van der Waals surface area contributed by atoms with Crippen molar-refractivity contribution in [2.45, 2.75) is 149 Å². The predicted octanol–water partition coefficient (Wildman–Crippen LogP) is 3.98. The lowest BCUT2D eigenvalue weighted by Gasteiger charge is -2.36. The minimum Gasteiger partial charge on any atom is -0.373 e. The van der Waals surface area contributed by atoms with Crippen molar-refractivity contribution >= 4 is 7.60 Å². The van der Waals surface area contributed by atoms with Crippen LogP contribution in [0.25, 0.3) is 0 Å². The van der Waals surface area contributed by atoms with Crippen molar-refractivity contribution in [2.75, 3.05) is 26.3 Å². The molecule has 2 aliphatic heterocycles. The van der Waals surface area contributed by atoms with Gasteiger partial charge in [-0.05, 0) is 71.9 Å². The predicted molar refractivity (Wildman–Crippen MR) is 221 cm³/mol. The normalized spacial score (nSPS) is 26.5. The Morgan fingerprint density at radius 3 is 1.72 bits per heavy atom. The number of nitrogens with one attached hydrogen (secondary N) is 2. The fourth-order valence-electron chi connectivity index (χ4n) is 7.68. The SMILES string of the molecule is [CH2-]P(=O)(OC[C@H]1O[C@@H](c2cn(CCCN)c(=O)[nH]c2=O)[C@@H](C)C1OC(C)(C)C(C)C)OC1[C@@H](COC(C)(C)CC(C)C)O[C@@H](c2cn(CCCN)c(=O)[nH]c2=O)[C@H]1C. The van der Waals surface area contributed by atoms with E-state index in [4.69, 9.17) is 39.5 Å². The number of nitrogens with two attached hydrogens (primary N) is 2. The van der Waals surface area contributed by atoms with Crippen molar-refractivity contribution in [3.63, 3.8) is 0 Å². The molecule has 2 aromatic heterocycles. The first-order valence-electron chi connectivity index (χ1n) is 20.5. The smallest absolute Gasteiger partial charge is 0.328 e. The molecular weight excluding hydrogens is 771 g/mol. The maximum absolute atomic E-state index is 14.3. The average molecular weight is 840 g/mol. The highest BCUT2D eigenvalue weighted by molar-refractivity contribution is 7.55. The van der Waals surface area contributed by atoms with Crippen molar-refractivity contribution in [3.05, 3.63) is 71.9 Å². The molecule has 2 saturated heterocycles. The van der Waals surface area contributed by atoms with Crippen molar-refractivity contribution in [1.29, 1.82) is 0 Å². The molecule has 2 aliphatic rings. The van der Waals surface area contributed by atoms with Crippen LogP contribution in [0.15, 0.2) is 31.6 Å². The van der Waals surface area contributed by atoms with Crippen LogP contribution in [0.1, 0.15) is 112 Å². The maximum Gasteiger partial charge on any atom is 0.328 e. The van der Waals surface area contributed by atoms with Gasteiger partial charge in [0.25, 0.3) is 11.1 Å². The van der Waals surface area contributed by atoms with Crippen molar-refractivity contribution in [1.82, 2.24) is 19.1 Å². The van der Waals surface area contributed by atoms with Gasteiger partial charge in [0.15, 0.2) is 7.60 Å². The van der Waals surface area contributed by atoms with Gasteiger partial charge in [-0.2, -0.15) is 0 Å². The molecule has 9 atom stereocenters. The number of aryl methyl sites for hydroxylation is 2. The number of rotatable bonds is 21. The Balaban J connectivity index is 1.63. The van der Waals surface area contributed by atoms with Crippen LogP contribution in [0.2, 0.25) is 0 Å². The number of aromatic amines is 2. The van der Waals surface area contributed by atoms with Crippen molar-refractivity contribution < 1.29 is 32.6 Å². The molecule has 0 saturated carbocycles. The van der Waals surface area contributed by atoms with Gasteiger partial charge < -0.3 is 48.6 Å². The molecule has 0 radical (unpaired) electrons. The number of H-pyrrole nitrogens is 2. The number of hydrogen-bond donors (Lipinski definition) is 4. The van der Waals surface area contributed by atoms with E-state index in [1.54, 1.807) is 6.92 Å². The summed E-state index contributed by atoms with van der Waals surface area (Å²) in [5, 5.41) is 0. The van der Waals surface area contributed by atoms with Crippen LogP contribution in [-0.4, -0.2) is 81.0 Å².